The van der Waals surface area contributed by atoms with E-state index in [0.29, 0.717) is 19.8 Å². The molecule has 0 aliphatic carbocycles. The van der Waals surface area contributed by atoms with Crippen LogP contribution in [-0.4, -0.2) is 43.7 Å². The van der Waals surface area contributed by atoms with Crippen molar-refractivity contribution >= 4 is 5.91 Å². The molecule has 1 N–H and O–H groups in total. The smallest absolute Gasteiger partial charge is 0.246 e. The Balaban J connectivity index is 1.38. The normalized spacial score (nSPS) is 20.5. The van der Waals surface area contributed by atoms with Gasteiger partial charge < -0.3 is 24.3 Å². The Morgan fingerprint density at radius 3 is 2.07 bits per heavy atom. The van der Waals surface area contributed by atoms with Crippen molar-refractivity contribution in [2.45, 2.75) is 45.0 Å². The molecule has 156 valence electrons. The molecule has 2 aromatic carbocycles. The number of carbonyl (C=O) groups excluding carboxylic acids is 1. The summed E-state index contributed by atoms with van der Waals surface area (Å²) >= 11 is 0. The molecular formula is C23H29NO5. The van der Waals surface area contributed by atoms with E-state index in [-0.39, 0.29) is 31.3 Å². The average Bonchev–Trinajstić information content (AvgIpc) is 3.01. The number of amides is 1. The third kappa shape index (κ3) is 7.25. The Kier molecular flexibility index (Phi) is 7.77. The maximum Gasteiger partial charge on any atom is 0.246 e. The van der Waals surface area contributed by atoms with Gasteiger partial charge in [0.1, 0.15) is 18.8 Å². The van der Waals surface area contributed by atoms with Crippen molar-refractivity contribution in [2.24, 2.45) is 0 Å². The van der Waals surface area contributed by atoms with Crippen molar-refractivity contribution in [1.29, 1.82) is 0 Å². The van der Waals surface area contributed by atoms with Crippen molar-refractivity contribution in [3.8, 4) is 0 Å². The molecule has 1 aliphatic rings. The first-order valence-electron chi connectivity index (χ1n) is 9.87. The Hall–Kier alpha value is -2.25. The highest BCUT2D eigenvalue weighted by Crippen LogP contribution is 2.28. The summed E-state index contributed by atoms with van der Waals surface area (Å²) in [6.45, 7) is 5.36. The fourth-order valence-electron chi connectivity index (χ4n) is 3.17. The number of benzene rings is 2. The van der Waals surface area contributed by atoms with E-state index in [1.807, 2.05) is 74.5 Å². The van der Waals surface area contributed by atoms with Gasteiger partial charge in [-0.3, -0.25) is 4.79 Å². The van der Waals surface area contributed by atoms with Crippen LogP contribution < -0.4 is 5.32 Å². The Labute approximate surface area is 172 Å². The van der Waals surface area contributed by atoms with Crippen molar-refractivity contribution in [2.75, 3.05) is 19.8 Å². The van der Waals surface area contributed by atoms with E-state index in [2.05, 4.69) is 5.32 Å². The Bertz CT molecular complexity index is 750. The van der Waals surface area contributed by atoms with Crippen LogP contribution >= 0.6 is 0 Å². The molecule has 29 heavy (non-hydrogen) atoms. The van der Waals surface area contributed by atoms with E-state index in [0.717, 1.165) is 11.1 Å². The second-order valence-electron chi connectivity index (χ2n) is 7.49. The average molecular weight is 399 g/mol. The first-order chi connectivity index (χ1) is 14.0. The lowest BCUT2D eigenvalue weighted by Crippen LogP contribution is -2.34. The van der Waals surface area contributed by atoms with Crippen molar-refractivity contribution < 1.29 is 23.7 Å². The molecule has 0 bridgehead atoms. The summed E-state index contributed by atoms with van der Waals surface area (Å²) in [7, 11) is 0. The standard InChI is InChI=1S/C23H29NO5/c1-23(2)28-20(15-26-14-19-11-7-4-8-12-19)21(29-23)16-27-17-22(25)24-13-18-9-5-3-6-10-18/h3-12,20-21H,13-17H2,1-2H3,(H,24,25)/t20-,21-/m1/s1. The second kappa shape index (κ2) is 10.5. The zero-order valence-corrected chi connectivity index (χ0v) is 17.0. The summed E-state index contributed by atoms with van der Waals surface area (Å²) in [4.78, 5) is 12.0. The number of hydrogen-bond donors (Lipinski definition) is 1. The van der Waals surface area contributed by atoms with Gasteiger partial charge in [0.15, 0.2) is 5.79 Å². The minimum absolute atomic E-state index is 0.0231. The molecule has 6 nitrogen and oxygen atoms in total. The number of carbonyl (C=O) groups is 1. The molecular weight excluding hydrogens is 370 g/mol. The molecule has 1 fully saturated rings. The van der Waals surface area contributed by atoms with E-state index in [1.54, 1.807) is 0 Å². The minimum atomic E-state index is -0.704. The van der Waals surface area contributed by atoms with Crippen molar-refractivity contribution in [1.82, 2.24) is 5.32 Å². The highest BCUT2D eigenvalue weighted by molar-refractivity contribution is 5.77. The predicted molar refractivity (Wildman–Crippen MR) is 109 cm³/mol. The van der Waals surface area contributed by atoms with Crippen LogP contribution in [0.2, 0.25) is 0 Å². The van der Waals surface area contributed by atoms with Crippen molar-refractivity contribution in [3.63, 3.8) is 0 Å². The summed E-state index contributed by atoms with van der Waals surface area (Å²) < 4.78 is 23.2. The van der Waals surface area contributed by atoms with E-state index < -0.39 is 5.79 Å². The van der Waals surface area contributed by atoms with Crippen LogP contribution in [0.1, 0.15) is 25.0 Å². The Morgan fingerprint density at radius 1 is 0.897 bits per heavy atom. The summed E-state index contributed by atoms with van der Waals surface area (Å²) in [5, 5.41) is 2.84. The fraction of sp³-hybridized carbons (Fsp3) is 0.435. The van der Waals surface area contributed by atoms with Crippen LogP contribution in [-0.2, 0) is 36.9 Å². The quantitative estimate of drug-likeness (QED) is 0.665. The molecule has 0 radical (unpaired) electrons. The Morgan fingerprint density at radius 2 is 1.45 bits per heavy atom. The largest absolute Gasteiger partial charge is 0.374 e. The lowest BCUT2D eigenvalue weighted by atomic mass is 10.2. The number of ether oxygens (including phenoxy) is 4. The zero-order valence-electron chi connectivity index (χ0n) is 17.0. The molecule has 1 aliphatic heterocycles. The molecule has 1 heterocycles. The van der Waals surface area contributed by atoms with Gasteiger partial charge in [-0.15, -0.1) is 0 Å². The molecule has 6 heteroatoms. The lowest BCUT2D eigenvalue weighted by Gasteiger charge is -2.17. The SMILES string of the molecule is CC1(C)O[C@H](COCC(=O)NCc2ccccc2)[C@@H](COCc2ccccc2)O1. The summed E-state index contributed by atoms with van der Waals surface area (Å²) in [6, 6.07) is 19.7. The van der Waals surface area contributed by atoms with Gasteiger partial charge >= 0.3 is 0 Å². The van der Waals surface area contributed by atoms with Crippen molar-refractivity contribution in [3.05, 3.63) is 71.8 Å². The first kappa shape index (κ1) is 21.5. The van der Waals surface area contributed by atoms with Gasteiger partial charge in [-0.25, -0.2) is 0 Å². The molecule has 2 atom stereocenters. The molecule has 0 spiro atoms. The zero-order chi connectivity index (χ0) is 20.5. The molecule has 2 aromatic rings. The third-order valence-electron chi connectivity index (χ3n) is 4.53. The van der Waals surface area contributed by atoms with Gasteiger partial charge in [-0.2, -0.15) is 0 Å². The van der Waals surface area contributed by atoms with E-state index >= 15 is 0 Å². The highest BCUT2D eigenvalue weighted by Gasteiger charge is 2.41. The van der Waals surface area contributed by atoms with Crippen LogP contribution in [0, 0.1) is 0 Å². The van der Waals surface area contributed by atoms with Crippen LogP contribution in [0.4, 0.5) is 0 Å². The highest BCUT2D eigenvalue weighted by atomic mass is 16.8. The number of nitrogens with one attached hydrogen (secondary N) is 1. The number of rotatable bonds is 10. The fourth-order valence-corrected chi connectivity index (χ4v) is 3.17. The molecule has 0 unspecified atom stereocenters. The van der Waals surface area contributed by atoms with Gasteiger partial charge in [0, 0.05) is 6.54 Å². The number of hydrogen-bond acceptors (Lipinski definition) is 5. The maximum atomic E-state index is 12.0. The second-order valence-corrected chi connectivity index (χ2v) is 7.49. The van der Waals surface area contributed by atoms with Gasteiger partial charge in [0.25, 0.3) is 0 Å². The van der Waals surface area contributed by atoms with Crippen LogP contribution in [0.3, 0.4) is 0 Å². The summed E-state index contributed by atoms with van der Waals surface area (Å²) in [5.74, 6) is -0.867. The topological polar surface area (TPSA) is 66.0 Å². The van der Waals surface area contributed by atoms with Gasteiger partial charge in [-0.1, -0.05) is 60.7 Å². The van der Waals surface area contributed by atoms with Gasteiger partial charge in [0.05, 0.1) is 19.8 Å². The van der Waals surface area contributed by atoms with Crippen LogP contribution in [0.15, 0.2) is 60.7 Å². The van der Waals surface area contributed by atoms with Gasteiger partial charge in [-0.05, 0) is 25.0 Å². The van der Waals surface area contributed by atoms with E-state index in [4.69, 9.17) is 18.9 Å². The molecule has 1 amide bonds. The molecule has 0 saturated carbocycles. The summed E-state index contributed by atoms with van der Waals surface area (Å²) in [5.41, 5.74) is 2.15. The van der Waals surface area contributed by atoms with E-state index in [1.165, 1.54) is 0 Å². The molecule has 3 rings (SSSR count). The first-order valence-corrected chi connectivity index (χ1v) is 9.87. The van der Waals surface area contributed by atoms with Crippen LogP contribution in [0.5, 0.6) is 0 Å². The molecule has 1 saturated heterocycles. The minimum Gasteiger partial charge on any atom is -0.374 e. The maximum absolute atomic E-state index is 12.0. The summed E-state index contributed by atoms with van der Waals surface area (Å²) in [6.07, 6.45) is -0.538. The lowest BCUT2D eigenvalue weighted by molar-refractivity contribution is -0.155. The molecule has 0 aromatic heterocycles. The predicted octanol–water partition coefficient (Wildman–Crippen LogP) is 3.06. The van der Waals surface area contributed by atoms with E-state index in [9.17, 15) is 4.79 Å². The van der Waals surface area contributed by atoms with Crippen LogP contribution in [0.25, 0.3) is 0 Å². The van der Waals surface area contributed by atoms with Gasteiger partial charge in [0.2, 0.25) is 5.91 Å². The third-order valence-corrected chi connectivity index (χ3v) is 4.53. The monoisotopic (exact) mass is 399 g/mol.